The smallest absolute Gasteiger partial charge is 0.282 e. The number of benzene rings is 2. The van der Waals surface area contributed by atoms with Crippen LogP contribution in [0.5, 0.6) is 11.5 Å². The third kappa shape index (κ3) is 12.0. The third-order valence-corrected chi connectivity index (χ3v) is 7.12. The van der Waals surface area contributed by atoms with Crippen LogP contribution in [0.3, 0.4) is 0 Å². The molecule has 2 heterocycles. The standard InChI is InChI=1S/C14H14FN3O2S.C9H14N4O2S.C7H7FO.CH4/c1-3-21-14-17-7-8(13(16)18-14)12(19)11-9(15)5-4-6-10(11)20-2;1-4-16-9-11-5-6(7(10)12-9)8(14)13(2)15-3;1-9-7-4-2-3-6(8)5-7;/h4-7H,3H2,1-2H3,(H2,16,17,18);5H,4H2,1-3H3,(H2,10,11,12);2-5H,1H3;1H4. The minimum atomic E-state index is -0.675. The van der Waals surface area contributed by atoms with Crippen molar-refractivity contribution >= 4 is 46.8 Å². The molecular weight excluding hydrogens is 653 g/mol. The number of rotatable bonds is 10. The maximum Gasteiger partial charge on any atom is 0.282 e. The minimum absolute atomic E-state index is 0. The van der Waals surface area contributed by atoms with Crippen LogP contribution < -0.4 is 20.9 Å². The summed E-state index contributed by atoms with van der Waals surface area (Å²) in [5.74, 6) is 0.611. The van der Waals surface area contributed by atoms with E-state index in [1.165, 1.54) is 94.6 Å². The van der Waals surface area contributed by atoms with Crippen LogP contribution in [0.15, 0.2) is 65.2 Å². The van der Waals surface area contributed by atoms with Crippen LogP contribution >= 0.6 is 23.5 Å². The van der Waals surface area contributed by atoms with Crippen molar-refractivity contribution < 1.29 is 32.7 Å². The molecule has 4 aromatic rings. The zero-order chi connectivity index (χ0) is 34.2. The number of nitrogens with two attached hydrogens (primary N) is 2. The fourth-order valence-corrected chi connectivity index (χ4v) is 4.47. The minimum Gasteiger partial charge on any atom is -0.497 e. The maximum absolute atomic E-state index is 13.9. The highest BCUT2D eigenvalue weighted by atomic mass is 32.2. The number of ketones is 1. The average molecular weight is 692 g/mol. The summed E-state index contributed by atoms with van der Waals surface area (Å²) in [7, 11) is 5.77. The molecule has 0 radical (unpaired) electrons. The first-order chi connectivity index (χ1) is 22.0. The molecule has 47 heavy (non-hydrogen) atoms. The first kappa shape index (κ1) is 40.5. The van der Waals surface area contributed by atoms with Crippen LogP contribution in [0.4, 0.5) is 20.4 Å². The molecule has 2 aromatic heterocycles. The molecule has 254 valence electrons. The molecule has 0 bridgehead atoms. The fraction of sp³-hybridized carbons (Fsp3) is 0.290. The summed E-state index contributed by atoms with van der Waals surface area (Å²) in [4.78, 5) is 45.1. The fourth-order valence-electron chi connectivity index (χ4n) is 3.37. The first-order valence-electron chi connectivity index (χ1n) is 13.5. The van der Waals surface area contributed by atoms with Gasteiger partial charge in [-0.05, 0) is 35.8 Å². The number of carbonyl (C=O) groups is 2. The van der Waals surface area contributed by atoms with Gasteiger partial charge >= 0.3 is 0 Å². The Kier molecular flexibility index (Phi) is 17.7. The van der Waals surface area contributed by atoms with E-state index < -0.39 is 11.6 Å². The van der Waals surface area contributed by atoms with Crippen LogP contribution in [0.2, 0.25) is 0 Å². The normalized spacial score (nSPS) is 9.87. The van der Waals surface area contributed by atoms with Gasteiger partial charge in [0.15, 0.2) is 10.3 Å². The lowest BCUT2D eigenvalue weighted by Crippen LogP contribution is -2.26. The van der Waals surface area contributed by atoms with Crippen molar-refractivity contribution in [2.24, 2.45) is 0 Å². The number of methoxy groups -OCH3 is 2. The van der Waals surface area contributed by atoms with Crippen molar-refractivity contribution in [1.29, 1.82) is 0 Å². The second-order valence-electron chi connectivity index (χ2n) is 8.56. The Morgan fingerprint density at radius 3 is 1.85 bits per heavy atom. The summed E-state index contributed by atoms with van der Waals surface area (Å²) in [6, 6.07) is 10.2. The second kappa shape index (κ2) is 20.6. The molecule has 0 spiro atoms. The number of hydrogen-bond acceptors (Lipinski definition) is 13. The Balaban J connectivity index is 0.000000376. The quantitative estimate of drug-likeness (QED) is 0.0883. The SMILES string of the molecule is C.CCSc1ncc(C(=O)N(C)OC)c(N)n1.CCSc1ncc(C(=O)c2c(F)cccc2OC)c(N)n1.COc1cccc(F)c1. The molecule has 2 aromatic carbocycles. The lowest BCUT2D eigenvalue weighted by atomic mass is 10.0. The van der Waals surface area contributed by atoms with E-state index in [4.69, 9.17) is 25.8 Å². The van der Waals surface area contributed by atoms with Crippen molar-refractivity contribution in [3.63, 3.8) is 0 Å². The number of hydrogen-bond donors (Lipinski definition) is 2. The summed E-state index contributed by atoms with van der Waals surface area (Å²) >= 11 is 2.87. The molecule has 0 saturated carbocycles. The number of anilines is 2. The first-order valence-corrected chi connectivity index (χ1v) is 15.5. The number of ether oxygens (including phenoxy) is 2. The van der Waals surface area contributed by atoms with E-state index in [0.29, 0.717) is 16.1 Å². The molecule has 0 unspecified atom stereocenters. The Morgan fingerprint density at radius 1 is 0.851 bits per heavy atom. The van der Waals surface area contributed by atoms with E-state index in [1.54, 1.807) is 12.1 Å². The molecule has 0 aliphatic heterocycles. The summed E-state index contributed by atoms with van der Waals surface area (Å²) in [6.07, 6.45) is 2.73. The Hall–Kier alpha value is -4.54. The number of nitrogen functional groups attached to an aromatic ring is 2. The van der Waals surface area contributed by atoms with Crippen LogP contribution in [-0.4, -0.2) is 76.6 Å². The Morgan fingerprint density at radius 2 is 1.40 bits per heavy atom. The van der Waals surface area contributed by atoms with Gasteiger partial charge in [-0.15, -0.1) is 0 Å². The van der Waals surface area contributed by atoms with E-state index >= 15 is 0 Å². The number of thioether (sulfide) groups is 2. The predicted octanol–water partition coefficient (Wildman–Crippen LogP) is 5.82. The predicted molar refractivity (Wildman–Crippen MR) is 181 cm³/mol. The van der Waals surface area contributed by atoms with Gasteiger partial charge in [0.2, 0.25) is 5.78 Å². The lowest BCUT2D eigenvalue weighted by Gasteiger charge is -2.14. The highest BCUT2D eigenvalue weighted by molar-refractivity contribution is 7.99. The van der Waals surface area contributed by atoms with Crippen LogP contribution in [0, 0.1) is 11.6 Å². The Bertz CT molecular complexity index is 1620. The number of aromatic nitrogens is 4. The number of carbonyl (C=O) groups excluding carboxylic acids is 2. The molecule has 16 heteroatoms. The zero-order valence-electron chi connectivity index (χ0n) is 26.1. The molecular formula is C31H39F2N7O5S2. The van der Waals surface area contributed by atoms with Gasteiger partial charge in [0.25, 0.3) is 5.91 Å². The molecule has 4 rings (SSSR count). The third-order valence-electron chi connectivity index (χ3n) is 5.63. The van der Waals surface area contributed by atoms with Gasteiger partial charge in [-0.2, -0.15) is 0 Å². The number of amides is 1. The van der Waals surface area contributed by atoms with Gasteiger partial charge in [0.05, 0.1) is 26.9 Å². The van der Waals surface area contributed by atoms with E-state index in [9.17, 15) is 18.4 Å². The van der Waals surface area contributed by atoms with Crippen molar-refractivity contribution in [1.82, 2.24) is 25.0 Å². The molecule has 4 N–H and O–H groups in total. The summed E-state index contributed by atoms with van der Waals surface area (Å²) in [5.41, 5.74) is 11.6. The molecule has 1 amide bonds. The van der Waals surface area contributed by atoms with Gasteiger partial charge in [-0.1, -0.05) is 56.9 Å². The van der Waals surface area contributed by atoms with Crippen LogP contribution in [0.1, 0.15) is 47.6 Å². The highest BCUT2D eigenvalue weighted by Crippen LogP contribution is 2.26. The summed E-state index contributed by atoms with van der Waals surface area (Å²) < 4.78 is 36.0. The zero-order valence-corrected chi connectivity index (χ0v) is 27.7. The van der Waals surface area contributed by atoms with E-state index in [0.717, 1.165) is 16.6 Å². The molecule has 12 nitrogen and oxygen atoms in total. The van der Waals surface area contributed by atoms with Crippen molar-refractivity contribution in [3.05, 3.63) is 83.2 Å². The lowest BCUT2D eigenvalue weighted by molar-refractivity contribution is -0.0756. The summed E-state index contributed by atoms with van der Waals surface area (Å²) in [6.45, 7) is 3.94. The van der Waals surface area contributed by atoms with E-state index in [1.807, 2.05) is 13.8 Å². The molecule has 0 saturated heterocycles. The van der Waals surface area contributed by atoms with Crippen LogP contribution in [0.25, 0.3) is 0 Å². The van der Waals surface area contributed by atoms with Gasteiger partial charge < -0.3 is 20.9 Å². The van der Waals surface area contributed by atoms with Crippen molar-refractivity contribution in [2.75, 3.05) is 51.4 Å². The van der Waals surface area contributed by atoms with Crippen molar-refractivity contribution in [2.45, 2.75) is 31.6 Å². The number of hydroxylamine groups is 2. The molecule has 0 aliphatic rings. The van der Waals surface area contributed by atoms with Gasteiger partial charge in [-0.25, -0.2) is 33.8 Å². The number of halogens is 2. The highest BCUT2D eigenvalue weighted by Gasteiger charge is 2.22. The van der Waals surface area contributed by atoms with E-state index in [2.05, 4.69) is 19.9 Å². The topological polar surface area (TPSA) is 169 Å². The van der Waals surface area contributed by atoms with Gasteiger partial charge in [0.1, 0.15) is 45.9 Å². The van der Waals surface area contributed by atoms with Crippen molar-refractivity contribution in [3.8, 4) is 11.5 Å². The largest absolute Gasteiger partial charge is 0.497 e. The molecule has 0 fully saturated rings. The van der Waals surface area contributed by atoms with E-state index in [-0.39, 0.29) is 53.2 Å². The molecule has 0 atom stereocenters. The average Bonchev–Trinajstić information content (AvgIpc) is 3.04. The monoisotopic (exact) mass is 691 g/mol. The number of nitrogens with zero attached hydrogens (tertiary/aromatic N) is 5. The molecule has 0 aliphatic carbocycles. The van der Waals surface area contributed by atoms with Crippen LogP contribution in [-0.2, 0) is 4.84 Å². The van der Waals surface area contributed by atoms with Gasteiger partial charge in [-0.3, -0.25) is 14.4 Å². The Labute approximate surface area is 281 Å². The maximum atomic E-state index is 13.9. The second-order valence-corrected chi connectivity index (χ2v) is 11.0. The summed E-state index contributed by atoms with van der Waals surface area (Å²) in [5, 5.41) is 2.12. The van der Waals surface area contributed by atoms with Gasteiger partial charge in [0, 0.05) is 25.5 Å².